The van der Waals surface area contributed by atoms with Crippen LogP contribution in [0.3, 0.4) is 0 Å². The first-order chi connectivity index (χ1) is 10.2. The highest BCUT2D eigenvalue weighted by molar-refractivity contribution is 5.86. The Kier molecular flexibility index (Phi) is 9.77. The third kappa shape index (κ3) is 4.58. The van der Waals surface area contributed by atoms with Gasteiger partial charge in [0.15, 0.2) is 11.5 Å². The molecule has 0 saturated carbocycles. The average Bonchev–Trinajstić information content (AvgIpc) is 2.83. The third-order valence-corrected chi connectivity index (χ3v) is 3.64. The van der Waals surface area contributed by atoms with E-state index in [1.165, 1.54) is 0 Å². The van der Waals surface area contributed by atoms with Crippen LogP contribution in [0.1, 0.15) is 5.82 Å². The lowest BCUT2D eigenvalue weighted by atomic mass is 10.2. The van der Waals surface area contributed by atoms with E-state index in [9.17, 15) is 0 Å². The fourth-order valence-corrected chi connectivity index (χ4v) is 2.61. The Bertz CT molecular complexity index is 649. The number of imidazole rings is 1. The number of fused-ring (bicyclic) bond motifs is 3. The smallest absolute Gasteiger partial charge is 0.189 e. The quantitative estimate of drug-likeness (QED) is 0.834. The van der Waals surface area contributed by atoms with Crippen molar-refractivity contribution in [1.29, 1.82) is 0 Å². The van der Waals surface area contributed by atoms with E-state index >= 15 is 0 Å². The first-order valence-corrected chi connectivity index (χ1v) is 7.33. The Morgan fingerprint density at radius 1 is 1.17 bits per heavy atom. The molecule has 2 N–H and O–H groups in total. The summed E-state index contributed by atoms with van der Waals surface area (Å²) in [5, 5.41) is 0. The van der Waals surface area contributed by atoms with E-state index in [1.807, 2.05) is 6.07 Å². The van der Waals surface area contributed by atoms with Gasteiger partial charge in [0.1, 0.15) is 24.6 Å². The molecule has 0 aliphatic carbocycles. The summed E-state index contributed by atoms with van der Waals surface area (Å²) < 4.78 is 13.6. The van der Waals surface area contributed by atoms with Crippen molar-refractivity contribution >= 4 is 48.3 Å². The zero-order valence-corrected chi connectivity index (χ0v) is 16.3. The van der Waals surface area contributed by atoms with E-state index in [2.05, 4.69) is 29.6 Å². The number of nitrogens with zero attached hydrogens (tertiary/aromatic N) is 3. The summed E-state index contributed by atoms with van der Waals surface area (Å²) in [5.74, 6) is 2.56. The fraction of sp³-hybridized carbons (Fsp3) is 0.533. The minimum Gasteiger partial charge on any atom is -0.486 e. The van der Waals surface area contributed by atoms with Crippen LogP contribution in [0, 0.1) is 0 Å². The maximum Gasteiger partial charge on any atom is 0.189 e. The summed E-state index contributed by atoms with van der Waals surface area (Å²) in [5.41, 5.74) is 7.70. The van der Waals surface area contributed by atoms with Gasteiger partial charge in [-0.2, -0.15) is 0 Å². The van der Waals surface area contributed by atoms with Crippen molar-refractivity contribution in [1.82, 2.24) is 14.5 Å². The molecular formula is C15H25Cl3N4O2. The Labute approximate surface area is 160 Å². The van der Waals surface area contributed by atoms with Gasteiger partial charge in [-0.25, -0.2) is 4.98 Å². The second-order valence-corrected chi connectivity index (χ2v) is 5.48. The van der Waals surface area contributed by atoms with E-state index < -0.39 is 0 Å². The number of halogens is 3. The van der Waals surface area contributed by atoms with Crippen molar-refractivity contribution in [2.75, 3.05) is 40.4 Å². The zero-order valence-electron chi connectivity index (χ0n) is 13.9. The predicted molar refractivity (Wildman–Crippen MR) is 104 cm³/mol. The number of benzene rings is 1. The lowest BCUT2D eigenvalue weighted by Gasteiger charge is -2.18. The molecule has 0 saturated heterocycles. The molecular weight excluding hydrogens is 375 g/mol. The van der Waals surface area contributed by atoms with E-state index in [0.717, 1.165) is 47.9 Å². The molecule has 6 nitrogen and oxygen atoms in total. The summed E-state index contributed by atoms with van der Waals surface area (Å²) in [6.45, 7) is 3.60. The minimum atomic E-state index is 0. The first-order valence-electron chi connectivity index (χ1n) is 7.33. The van der Waals surface area contributed by atoms with Gasteiger partial charge in [0.05, 0.1) is 5.52 Å². The van der Waals surface area contributed by atoms with Gasteiger partial charge in [-0.1, -0.05) is 0 Å². The molecule has 0 radical (unpaired) electrons. The Morgan fingerprint density at radius 2 is 1.88 bits per heavy atom. The van der Waals surface area contributed by atoms with Crippen molar-refractivity contribution in [2.24, 2.45) is 5.73 Å². The molecule has 0 bridgehead atoms. The highest BCUT2D eigenvalue weighted by Gasteiger charge is 2.20. The molecule has 9 heteroatoms. The van der Waals surface area contributed by atoms with Gasteiger partial charge in [0, 0.05) is 19.5 Å². The van der Waals surface area contributed by atoms with Crippen molar-refractivity contribution < 1.29 is 9.47 Å². The molecule has 24 heavy (non-hydrogen) atoms. The molecule has 0 spiro atoms. The van der Waals surface area contributed by atoms with Crippen LogP contribution >= 0.6 is 37.2 Å². The molecule has 1 aromatic heterocycles. The Morgan fingerprint density at radius 3 is 2.54 bits per heavy atom. The van der Waals surface area contributed by atoms with Crippen LogP contribution in [0.4, 0.5) is 0 Å². The Balaban J connectivity index is 0.00000176. The van der Waals surface area contributed by atoms with Gasteiger partial charge in [0.2, 0.25) is 0 Å². The summed E-state index contributed by atoms with van der Waals surface area (Å²) in [7, 11) is 4.14. The van der Waals surface area contributed by atoms with Crippen LogP contribution in [0.15, 0.2) is 12.1 Å². The Hall–Kier alpha value is -0.920. The molecule has 0 unspecified atom stereocenters. The van der Waals surface area contributed by atoms with Crippen LogP contribution in [-0.2, 0) is 13.0 Å². The maximum absolute atomic E-state index is 5.77. The van der Waals surface area contributed by atoms with Crippen LogP contribution in [0.25, 0.3) is 11.0 Å². The van der Waals surface area contributed by atoms with E-state index in [-0.39, 0.29) is 37.2 Å². The SMILES string of the molecule is CN(C)CCn1c(CCN)nc2c3c(ccc21)OCCO3.Cl.Cl.Cl. The van der Waals surface area contributed by atoms with Crippen molar-refractivity contribution in [3.05, 3.63) is 18.0 Å². The summed E-state index contributed by atoms with van der Waals surface area (Å²) in [4.78, 5) is 6.92. The standard InChI is InChI=1S/C15H22N4O2.3ClH/c1-18(2)7-8-19-11-3-4-12-15(21-10-9-20-12)14(11)17-13(19)5-6-16;;;/h3-4H,5-10,16H2,1-2H3;3*1H. The molecule has 2 heterocycles. The predicted octanol–water partition coefficient (Wildman–Crippen LogP) is 2.14. The van der Waals surface area contributed by atoms with E-state index in [4.69, 9.17) is 20.2 Å². The lowest BCUT2D eigenvalue weighted by molar-refractivity contribution is 0.173. The first kappa shape index (κ1) is 23.1. The summed E-state index contributed by atoms with van der Waals surface area (Å²) >= 11 is 0. The van der Waals surface area contributed by atoms with Gasteiger partial charge in [-0.3, -0.25) is 0 Å². The second-order valence-electron chi connectivity index (χ2n) is 5.48. The zero-order chi connectivity index (χ0) is 14.8. The van der Waals surface area contributed by atoms with Crippen LogP contribution < -0.4 is 15.2 Å². The fourth-order valence-electron chi connectivity index (χ4n) is 2.61. The van der Waals surface area contributed by atoms with Crippen molar-refractivity contribution in [3.8, 4) is 11.5 Å². The van der Waals surface area contributed by atoms with Crippen molar-refractivity contribution in [2.45, 2.75) is 13.0 Å². The van der Waals surface area contributed by atoms with Crippen LogP contribution in [0.2, 0.25) is 0 Å². The summed E-state index contributed by atoms with van der Waals surface area (Å²) in [6, 6.07) is 4.03. The van der Waals surface area contributed by atoms with E-state index in [0.29, 0.717) is 19.8 Å². The van der Waals surface area contributed by atoms with Gasteiger partial charge < -0.3 is 24.7 Å². The number of aromatic nitrogens is 2. The highest BCUT2D eigenvalue weighted by atomic mass is 35.5. The van der Waals surface area contributed by atoms with Crippen LogP contribution in [-0.4, -0.2) is 54.8 Å². The van der Waals surface area contributed by atoms with E-state index in [1.54, 1.807) is 0 Å². The van der Waals surface area contributed by atoms with Gasteiger partial charge in [0.25, 0.3) is 0 Å². The molecule has 0 atom stereocenters. The monoisotopic (exact) mass is 398 g/mol. The molecule has 1 aliphatic heterocycles. The molecule has 2 aromatic rings. The number of nitrogens with two attached hydrogens (primary N) is 1. The lowest BCUT2D eigenvalue weighted by Crippen LogP contribution is -2.20. The average molecular weight is 400 g/mol. The number of ether oxygens (including phenoxy) is 2. The topological polar surface area (TPSA) is 65.5 Å². The van der Waals surface area contributed by atoms with Gasteiger partial charge in [-0.05, 0) is 32.8 Å². The molecule has 0 fully saturated rings. The maximum atomic E-state index is 5.77. The normalized spacial score (nSPS) is 12.3. The highest BCUT2D eigenvalue weighted by Crippen LogP contribution is 2.37. The molecule has 1 aromatic carbocycles. The number of likely N-dealkylation sites (N-methyl/N-ethyl adjacent to an activating group) is 1. The van der Waals surface area contributed by atoms with Crippen LogP contribution in [0.5, 0.6) is 11.5 Å². The number of hydrogen-bond acceptors (Lipinski definition) is 5. The third-order valence-electron chi connectivity index (χ3n) is 3.64. The van der Waals surface area contributed by atoms with Gasteiger partial charge >= 0.3 is 0 Å². The minimum absolute atomic E-state index is 0. The molecule has 1 aliphatic rings. The number of hydrogen-bond donors (Lipinski definition) is 1. The van der Waals surface area contributed by atoms with Crippen molar-refractivity contribution in [3.63, 3.8) is 0 Å². The van der Waals surface area contributed by atoms with Gasteiger partial charge in [-0.15, -0.1) is 37.2 Å². The molecule has 138 valence electrons. The number of rotatable bonds is 5. The summed E-state index contributed by atoms with van der Waals surface area (Å²) in [6.07, 6.45) is 0.762. The molecule has 0 amide bonds. The molecule has 3 rings (SSSR count). The second kappa shape index (κ2) is 10.2. The largest absolute Gasteiger partial charge is 0.486 e.